The van der Waals surface area contributed by atoms with Gasteiger partial charge in [-0.25, -0.2) is 9.78 Å². The number of hydrogen-bond acceptors (Lipinski definition) is 5. The molecule has 0 aliphatic carbocycles. The van der Waals surface area contributed by atoms with Crippen molar-refractivity contribution in [3.8, 4) is 10.9 Å². The SMILES string of the molecule is CCOC(=O)c1cnc(Oc2cccc(Cl)c2)s1. The van der Waals surface area contributed by atoms with Gasteiger partial charge in [-0.2, -0.15) is 0 Å². The maximum absolute atomic E-state index is 11.4. The first kappa shape index (κ1) is 12.9. The van der Waals surface area contributed by atoms with Crippen molar-refractivity contribution >= 4 is 28.9 Å². The molecule has 0 N–H and O–H groups in total. The fourth-order valence-electron chi connectivity index (χ4n) is 1.23. The molecule has 0 amide bonds. The van der Waals surface area contributed by atoms with Crippen molar-refractivity contribution in [1.82, 2.24) is 4.98 Å². The number of rotatable bonds is 4. The van der Waals surface area contributed by atoms with Gasteiger partial charge in [0.1, 0.15) is 10.6 Å². The van der Waals surface area contributed by atoms with Gasteiger partial charge in [-0.15, -0.1) is 0 Å². The van der Waals surface area contributed by atoms with Crippen molar-refractivity contribution in [3.05, 3.63) is 40.4 Å². The predicted molar refractivity (Wildman–Crippen MR) is 69.6 cm³/mol. The second-order valence-electron chi connectivity index (χ2n) is 3.27. The number of hydrogen-bond donors (Lipinski definition) is 0. The molecule has 0 saturated heterocycles. The number of benzene rings is 1. The highest BCUT2D eigenvalue weighted by Crippen LogP contribution is 2.28. The zero-order valence-electron chi connectivity index (χ0n) is 9.55. The molecular weight excluding hydrogens is 274 g/mol. The Morgan fingerprint density at radius 3 is 3.06 bits per heavy atom. The number of esters is 1. The second kappa shape index (κ2) is 5.84. The van der Waals surface area contributed by atoms with Crippen LogP contribution in [0.15, 0.2) is 30.5 Å². The largest absolute Gasteiger partial charge is 0.462 e. The van der Waals surface area contributed by atoms with E-state index in [-0.39, 0.29) is 0 Å². The molecule has 0 saturated carbocycles. The molecule has 2 rings (SSSR count). The van der Waals surface area contributed by atoms with Gasteiger partial charge in [-0.05, 0) is 25.1 Å². The standard InChI is InChI=1S/C12H10ClNO3S/c1-2-16-11(15)10-7-14-12(18-10)17-9-5-3-4-8(13)6-9/h3-7H,2H2,1H3. The van der Waals surface area contributed by atoms with Crippen LogP contribution in [0.3, 0.4) is 0 Å². The molecule has 1 aromatic heterocycles. The minimum Gasteiger partial charge on any atom is -0.462 e. The van der Waals surface area contributed by atoms with E-state index >= 15 is 0 Å². The number of ether oxygens (including phenoxy) is 2. The Hall–Kier alpha value is -1.59. The van der Waals surface area contributed by atoms with E-state index in [4.69, 9.17) is 21.1 Å². The second-order valence-corrected chi connectivity index (χ2v) is 4.70. The number of nitrogens with zero attached hydrogens (tertiary/aromatic N) is 1. The van der Waals surface area contributed by atoms with E-state index in [1.54, 1.807) is 31.2 Å². The first-order valence-electron chi connectivity index (χ1n) is 5.25. The molecule has 0 bridgehead atoms. The minimum atomic E-state index is -0.393. The lowest BCUT2D eigenvalue weighted by atomic mass is 10.3. The van der Waals surface area contributed by atoms with E-state index in [0.29, 0.717) is 27.4 Å². The first-order chi connectivity index (χ1) is 8.69. The van der Waals surface area contributed by atoms with Crippen LogP contribution in [-0.4, -0.2) is 17.6 Å². The molecule has 0 radical (unpaired) electrons. The Balaban J connectivity index is 2.09. The van der Waals surface area contributed by atoms with E-state index < -0.39 is 5.97 Å². The summed E-state index contributed by atoms with van der Waals surface area (Å²) in [7, 11) is 0. The Morgan fingerprint density at radius 2 is 2.33 bits per heavy atom. The van der Waals surface area contributed by atoms with Crippen molar-refractivity contribution < 1.29 is 14.3 Å². The number of carbonyl (C=O) groups excluding carboxylic acids is 1. The van der Waals surface area contributed by atoms with Gasteiger partial charge >= 0.3 is 5.97 Å². The first-order valence-corrected chi connectivity index (χ1v) is 6.45. The molecule has 0 unspecified atom stereocenters. The molecule has 6 heteroatoms. The van der Waals surface area contributed by atoms with E-state index in [9.17, 15) is 4.79 Å². The Labute approximate surface area is 113 Å². The van der Waals surface area contributed by atoms with E-state index in [0.717, 1.165) is 11.3 Å². The molecule has 1 heterocycles. The predicted octanol–water partition coefficient (Wildman–Crippen LogP) is 3.77. The molecule has 94 valence electrons. The maximum Gasteiger partial charge on any atom is 0.350 e. The molecular formula is C12H10ClNO3S. The zero-order chi connectivity index (χ0) is 13.0. The summed E-state index contributed by atoms with van der Waals surface area (Å²) in [6.07, 6.45) is 1.43. The highest BCUT2D eigenvalue weighted by Gasteiger charge is 2.12. The van der Waals surface area contributed by atoms with Crippen molar-refractivity contribution in [2.75, 3.05) is 6.61 Å². The van der Waals surface area contributed by atoms with Crippen LogP contribution in [0, 0.1) is 0 Å². The van der Waals surface area contributed by atoms with Gasteiger partial charge in [0, 0.05) is 5.02 Å². The van der Waals surface area contributed by atoms with Gasteiger partial charge in [0.25, 0.3) is 5.19 Å². The van der Waals surface area contributed by atoms with Gasteiger partial charge in [0.15, 0.2) is 0 Å². The third-order valence-corrected chi connectivity index (χ3v) is 3.05. The van der Waals surface area contributed by atoms with Crippen molar-refractivity contribution in [1.29, 1.82) is 0 Å². The number of halogens is 1. The highest BCUT2D eigenvalue weighted by atomic mass is 35.5. The monoisotopic (exact) mass is 283 g/mol. The van der Waals surface area contributed by atoms with Crippen LogP contribution in [-0.2, 0) is 4.74 Å². The number of thiazole rings is 1. The summed E-state index contributed by atoms with van der Waals surface area (Å²) in [5.74, 6) is 0.184. The quantitative estimate of drug-likeness (QED) is 0.802. The zero-order valence-corrected chi connectivity index (χ0v) is 11.1. The van der Waals surface area contributed by atoms with Crippen molar-refractivity contribution in [2.45, 2.75) is 6.92 Å². The third kappa shape index (κ3) is 3.21. The van der Waals surface area contributed by atoms with E-state index in [2.05, 4.69) is 4.98 Å². The molecule has 0 aliphatic rings. The van der Waals surface area contributed by atoms with Crippen LogP contribution >= 0.6 is 22.9 Å². The number of aromatic nitrogens is 1. The van der Waals surface area contributed by atoms with Crippen LogP contribution in [0.1, 0.15) is 16.6 Å². The topological polar surface area (TPSA) is 48.4 Å². The summed E-state index contributed by atoms with van der Waals surface area (Å²) in [6.45, 7) is 2.09. The molecule has 0 spiro atoms. The fourth-order valence-corrected chi connectivity index (χ4v) is 2.09. The van der Waals surface area contributed by atoms with Gasteiger partial charge < -0.3 is 9.47 Å². The number of carbonyl (C=O) groups is 1. The van der Waals surface area contributed by atoms with Gasteiger partial charge in [0.05, 0.1) is 12.8 Å². The summed E-state index contributed by atoms with van der Waals surface area (Å²) in [6, 6.07) is 6.96. The molecule has 4 nitrogen and oxygen atoms in total. The normalized spacial score (nSPS) is 10.1. The van der Waals surface area contributed by atoms with Crippen molar-refractivity contribution in [2.24, 2.45) is 0 Å². The molecule has 0 fully saturated rings. The van der Waals surface area contributed by atoms with Gasteiger partial charge in [-0.3, -0.25) is 0 Å². The molecule has 0 atom stereocenters. The lowest BCUT2D eigenvalue weighted by molar-refractivity contribution is 0.0532. The lowest BCUT2D eigenvalue weighted by Gasteiger charge is -2.01. The molecule has 18 heavy (non-hydrogen) atoms. The Morgan fingerprint density at radius 1 is 1.50 bits per heavy atom. The lowest BCUT2D eigenvalue weighted by Crippen LogP contribution is -2.01. The van der Waals surface area contributed by atoms with E-state index in [1.165, 1.54) is 6.20 Å². The smallest absolute Gasteiger partial charge is 0.350 e. The Kier molecular flexibility index (Phi) is 4.17. The van der Waals surface area contributed by atoms with E-state index in [1.807, 2.05) is 0 Å². The summed E-state index contributed by atoms with van der Waals surface area (Å²) >= 11 is 6.97. The average Bonchev–Trinajstić information content (AvgIpc) is 2.78. The summed E-state index contributed by atoms with van der Waals surface area (Å²) in [5, 5.41) is 0.954. The van der Waals surface area contributed by atoms with Crippen LogP contribution < -0.4 is 4.74 Å². The minimum absolute atomic E-state index is 0.335. The Bertz CT molecular complexity index is 556. The summed E-state index contributed by atoms with van der Waals surface area (Å²) < 4.78 is 10.3. The van der Waals surface area contributed by atoms with Gasteiger partial charge in [0.2, 0.25) is 0 Å². The third-order valence-electron chi connectivity index (χ3n) is 1.96. The van der Waals surface area contributed by atoms with Crippen LogP contribution in [0.2, 0.25) is 5.02 Å². The highest BCUT2D eigenvalue weighted by molar-refractivity contribution is 7.15. The average molecular weight is 284 g/mol. The van der Waals surface area contributed by atoms with Crippen LogP contribution in [0.25, 0.3) is 0 Å². The van der Waals surface area contributed by atoms with Crippen LogP contribution in [0.4, 0.5) is 0 Å². The maximum atomic E-state index is 11.4. The van der Waals surface area contributed by atoms with Gasteiger partial charge in [-0.1, -0.05) is 29.0 Å². The molecule has 0 aliphatic heterocycles. The summed E-state index contributed by atoms with van der Waals surface area (Å²) in [4.78, 5) is 15.8. The summed E-state index contributed by atoms with van der Waals surface area (Å²) in [5.41, 5.74) is 0. The molecule has 2 aromatic rings. The fraction of sp³-hybridized carbons (Fsp3) is 0.167. The molecule has 1 aromatic carbocycles. The van der Waals surface area contributed by atoms with Crippen molar-refractivity contribution in [3.63, 3.8) is 0 Å². The van der Waals surface area contributed by atoms with Crippen LogP contribution in [0.5, 0.6) is 10.9 Å².